The molecule has 0 spiro atoms. The molecule has 0 bridgehead atoms. The molecule has 0 heterocycles. The minimum absolute atomic E-state index is 0.0679. The van der Waals surface area contributed by atoms with E-state index in [1.165, 1.54) is 6.07 Å². The summed E-state index contributed by atoms with van der Waals surface area (Å²) in [7, 11) is 0. The van der Waals surface area contributed by atoms with E-state index in [0.29, 0.717) is 0 Å². The summed E-state index contributed by atoms with van der Waals surface area (Å²) in [6.45, 7) is 0. The van der Waals surface area contributed by atoms with Gasteiger partial charge in [0.15, 0.2) is 6.17 Å². The van der Waals surface area contributed by atoms with E-state index in [1.54, 1.807) is 0 Å². The van der Waals surface area contributed by atoms with Crippen LogP contribution in [-0.2, 0) is 0 Å². The lowest BCUT2D eigenvalue weighted by Crippen LogP contribution is -2.16. The third-order valence-corrected chi connectivity index (χ3v) is 2.03. The second-order valence-corrected chi connectivity index (χ2v) is 3.27. The molecule has 0 radical (unpaired) electrons. The summed E-state index contributed by atoms with van der Waals surface area (Å²) >= 11 is 5.51. The standard InChI is InChI=1S/C9H7ClF3NO/c10-4-1-2-5(9(14)15)6(3-4)7(11)8(12)13/h1-3,7-8H,(H2,14,15). The summed E-state index contributed by atoms with van der Waals surface area (Å²) < 4.78 is 37.3. The maximum absolute atomic E-state index is 13.0. The molecule has 15 heavy (non-hydrogen) atoms. The molecule has 0 aliphatic heterocycles. The Hall–Kier alpha value is -1.23. The molecule has 1 amide bonds. The Labute approximate surface area is 88.8 Å². The Morgan fingerprint density at radius 3 is 2.40 bits per heavy atom. The highest BCUT2D eigenvalue weighted by molar-refractivity contribution is 6.30. The van der Waals surface area contributed by atoms with Crippen LogP contribution in [0.4, 0.5) is 13.2 Å². The van der Waals surface area contributed by atoms with Crippen molar-refractivity contribution in [1.29, 1.82) is 0 Å². The molecule has 1 rings (SSSR count). The van der Waals surface area contributed by atoms with Gasteiger partial charge >= 0.3 is 0 Å². The molecular weight excluding hydrogens is 231 g/mol. The number of nitrogens with two attached hydrogens (primary N) is 1. The van der Waals surface area contributed by atoms with Crippen molar-refractivity contribution in [3.8, 4) is 0 Å². The Morgan fingerprint density at radius 2 is 1.93 bits per heavy atom. The molecule has 1 aromatic rings. The minimum atomic E-state index is -3.22. The predicted molar refractivity (Wildman–Crippen MR) is 49.8 cm³/mol. The number of hydrogen-bond donors (Lipinski definition) is 1. The van der Waals surface area contributed by atoms with Gasteiger partial charge in [-0.2, -0.15) is 0 Å². The van der Waals surface area contributed by atoms with Crippen molar-refractivity contribution in [3.05, 3.63) is 34.3 Å². The summed E-state index contributed by atoms with van der Waals surface area (Å²) in [6, 6.07) is 3.37. The van der Waals surface area contributed by atoms with Gasteiger partial charge in [-0.3, -0.25) is 4.79 Å². The Balaban J connectivity index is 3.24. The van der Waals surface area contributed by atoms with Gasteiger partial charge in [-0.25, -0.2) is 13.2 Å². The normalized spacial score (nSPS) is 12.9. The molecule has 82 valence electrons. The maximum Gasteiger partial charge on any atom is 0.273 e. The molecule has 0 saturated heterocycles. The van der Waals surface area contributed by atoms with Crippen LogP contribution >= 0.6 is 11.6 Å². The van der Waals surface area contributed by atoms with E-state index in [9.17, 15) is 18.0 Å². The van der Waals surface area contributed by atoms with Crippen LogP contribution in [0, 0.1) is 0 Å². The van der Waals surface area contributed by atoms with Crippen molar-refractivity contribution in [3.63, 3.8) is 0 Å². The molecular formula is C9H7ClF3NO. The van der Waals surface area contributed by atoms with Gasteiger partial charge in [0, 0.05) is 16.1 Å². The maximum atomic E-state index is 13.0. The number of carbonyl (C=O) groups is 1. The van der Waals surface area contributed by atoms with Gasteiger partial charge in [0.05, 0.1) is 0 Å². The third-order valence-electron chi connectivity index (χ3n) is 1.80. The lowest BCUT2D eigenvalue weighted by molar-refractivity contribution is 0.0490. The highest BCUT2D eigenvalue weighted by Gasteiger charge is 2.26. The highest BCUT2D eigenvalue weighted by Crippen LogP contribution is 2.29. The third kappa shape index (κ3) is 2.62. The monoisotopic (exact) mass is 237 g/mol. The molecule has 0 aliphatic carbocycles. The van der Waals surface area contributed by atoms with Crippen LogP contribution in [0.25, 0.3) is 0 Å². The fourth-order valence-corrected chi connectivity index (χ4v) is 1.30. The summed E-state index contributed by atoms with van der Waals surface area (Å²) in [5.74, 6) is -0.968. The van der Waals surface area contributed by atoms with Gasteiger partial charge in [0.2, 0.25) is 5.91 Å². The molecule has 0 saturated carbocycles. The van der Waals surface area contributed by atoms with Gasteiger partial charge in [0.25, 0.3) is 6.43 Å². The Kier molecular flexibility index (Phi) is 3.57. The number of benzene rings is 1. The van der Waals surface area contributed by atoms with E-state index in [0.717, 1.165) is 12.1 Å². The molecule has 0 fully saturated rings. The average molecular weight is 238 g/mol. The summed E-state index contributed by atoms with van der Waals surface area (Å²) in [5.41, 5.74) is 4.14. The van der Waals surface area contributed by atoms with Crippen LogP contribution in [0.5, 0.6) is 0 Å². The number of carbonyl (C=O) groups excluding carboxylic acids is 1. The van der Waals surface area contributed by atoms with Gasteiger partial charge in [-0.05, 0) is 18.2 Å². The number of halogens is 4. The largest absolute Gasteiger partial charge is 0.366 e. The quantitative estimate of drug-likeness (QED) is 0.863. The average Bonchev–Trinajstić information content (AvgIpc) is 2.15. The van der Waals surface area contributed by atoms with Crippen LogP contribution < -0.4 is 5.73 Å². The van der Waals surface area contributed by atoms with Gasteiger partial charge in [0.1, 0.15) is 0 Å². The molecule has 2 nitrogen and oxygen atoms in total. The zero-order valence-corrected chi connectivity index (χ0v) is 8.14. The van der Waals surface area contributed by atoms with Crippen molar-refractivity contribution in [1.82, 2.24) is 0 Å². The van der Waals surface area contributed by atoms with Crippen LogP contribution in [-0.4, -0.2) is 12.3 Å². The van der Waals surface area contributed by atoms with Crippen molar-refractivity contribution >= 4 is 17.5 Å². The molecule has 1 atom stereocenters. The minimum Gasteiger partial charge on any atom is -0.366 e. The smallest absolute Gasteiger partial charge is 0.273 e. The first-order chi connectivity index (χ1) is 6.93. The molecule has 0 aliphatic rings. The second kappa shape index (κ2) is 4.53. The molecule has 6 heteroatoms. The van der Waals surface area contributed by atoms with Crippen LogP contribution in [0.2, 0.25) is 5.02 Å². The van der Waals surface area contributed by atoms with E-state index >= 15 is 0 Å². The Morgan fingerprint density at radius 1 is 1.33 bits per heavy atom. The first-order valence-electron chi connectivity index (χ1n) is 3.95. The number of amides is 1. The molecule has 0 aromatic heterocycles. The first kappa shape index (κ1) is 11.8. The van der Waals surface area contributed by atoms with E-state index in [4.69, 9.17) is 17.3 Å². The molecule has 2 N–H and O–H groups in total. The lowest BCUT2D eigenvalue weighted by atomic mass is 10.0. The van der Waals surface area contributed by atoms with Crippen LogP contribution in [0.3, 0.4) is 0 Å². The lowest BCUT2D eigenvalue weighted by Gasteiger charge is -2.11. The van der Waals surface area contributed by atoms with Gasteiger partial charge in [-0.15, -0.1) is 0 Å². The second-order valence-electron chi connectivity index (χ2n) is 2.83. The topological polar surface area (TPSA) is 43.1 Å². The number of primary amides is 1. The fraction of sp³-hybridized carbons (Fsp3) is 0.222. The van der Waals surface area contributed by atoms with E-state index in [1.807, 2.05) is 0 Å². The summed E-state index contributed by atoms with van der Waals surface area (Å²) in [6.07, 6.45) is -5.78. The van der Waals surface area contributed by atoms with Crippen LogP contribution in [0.1, 0.15) is 22.1 Å². The van der Waals surface area contributed by atoms with Gasteiger partial charge in [-0.1, -0.05) is 11.6 Å². The van der Waals surface area contributed by atoms with E-state index in [-0.39, 0.29) is 10.6 Å². The van der Waals surface area contributed by atoms with Crippen molar-refractivity contribution in [2.75, 3.05) is 0 Å². The van der Waals surface area contributed by atoms with Crippen molar-refractivity contribution in [2.45, 2.75) is 12.6 Å². The Bertz CT molecular complexity index is 384. The van der Waals surface area contributed by atoms with Crippen molar-refractivity contribution in [2.24, 2.45) is 5.73 Å². The number of alkyl halides is 3. The predicted octanol–water partition coefficient (Wildman–Crippen LogP) is 2.71. The number of hydrogen-bond acceptors (Lipinski definition) is 1. The molecule has 1 unspecified atom stereocenters. The van der Waals surface area contributed by atoms with E-state index < -0.39 is 24.1 Å². The van der Waals surface area contributed by atoms with Gasteiger partial charge < -0.3 is 5.73 Å². The zero-order chi connectivity index (χ0) is 11.6. The zero-order valence-electron chi connectivity index (χ0n) is 7.38. The van der Waals surface area contributed by atoms with Crippen LogP contribution in [0.15, 0.2) is 18.2 Å². The van der Waals surface area contributed by atoms with Crippen molar-refractivity contribution < 1.29 is 18.0 Å². The number of rotatable bonds is 3. The van der Waals surface area contributed by atoms with E-state index in [2.05, 4.69) is 0 Å². The molecule has 1 aromatic carbocycles. The first-order valence-corrected chi connectivity index (χ1v) is 4.32. The summed E-state index contributed by atoms with van der Waals surface area (Å²) in [4.78, 5) is 10.8. The SMILES string of the molecule is NC(=O)c1ccc(Cl)cc1C(F)C(F)F. The fourth-order valence-electron chi connectivity index (χ4n) is 1.12. The highest BCUT2D eigenvalue weighted by atomic mass is 35.5. The summed E-state index contributed by atoms with van der Waals surface area (Å²) in [5, 5.41) is 0.0679.